The molecule has 0 bridgehead atoms. The smallest absolute Gasteiger partial charge is 0.330 e. The van der Waals surface area contributed by atoms with Crippen LogP contribution in [0.2, 0.25) is 0 Å². The molecular formula is C25H44N8O11. The van der Waals surface area contributed by atoms with E-state index in [-0.39, 0.29) is 31.6 Å². The van der Waals surface area contributed by atoms with Gasteiger partial charge in [0.1, 0.15) is 24.5 Å². The molecule has 19 nitrogen and oxygen atoms in total. The Morgan fingerprint density at radius 3 is 2.41 bits per heavy atom. The third-order valence-corrected chi connectivity index (χ3v) is 8.40. The summed E-state index contributed by atoms with van der Waals surface area (Å²) in [7, 11) is 0. The Morgan fingerprint density at radius 2 is 1.73 bits per heavy atom. The number of carbonyl (C=O) groups is 1. The average molecular weight is 633 g/mol. The standard InChI is InChI=1S/C25H44N8O11/c1-8-7-33(25(41)32-22(8)39)11-5-9(34)20(43-11)23(40)31-4-2-3-30-15-18(37)12(27)17(36)13(28)21(15)44-24-14(29)19(38)16(35)10(6-26)42-24/h7,9-21,24,30,34-38H,2-6,26-29H2,1H3,(H,31,40)(H,32,39,41)/t9-,10+,11+,12+,13-,14+,15+,16+,17+,18-,19+,20-,21+,24+/m0/s1. The molecule has 1 aliphatic carbocycles. The topological polar surface area (TPSA) is 329 Å². The molecule has 3 fully saturated rings. The van der Waals surface area contributed by atoms with Crippen LogP contribution in [0.4, 0.5) is 0 Å². The second-order valence-corrected chi connectivity index (χ2v) is 11.5. The summed E-state index contributed by atoms with van der Waals surface area (Å²) in [5.41, 5.74) is 22.8. The fourth-order valence-electron chi connectivity index (χ4n) is 5.69. The Balaban J connectivity index is 1.32. The molecule has 1 saturated carbocycles. The van der Waals surface area contributed by atoms with Crippen molar-refractivity contribution in [2.75, 3.05) is 19.6 Å². The van der Waals surface area contributed by atoms with Gasteiger partial charge in [-0.25, -0.2) is 4.79 Å². The van der Waals surface area contributed by atoms with Crippen LogP contribution in [0.3, 0.4) is 0 Å². The molecule has 3 aliphatic rings. The van der Waals surface area contributed by atoms with Gasteiger partial charge in [0.25, 0.3) is 11.5 Å². The Bertz CT molecular complexity index is 1250. The number of aryl methyl sites for hydroxylation is 1. The minimum atomic E-state index is -1.42. The van der Waals surface area contributed by atoms with E-state index in [9.17, 15) is 39.9 Å². The fourth-order valence-corrected chi connectivity index (χ4v) is 5.69. The number of aromatic amines is 1. The number of nitrogens with two attached hydrogens (primary N) is 4. The van der Waals surface area contributed by atoms with E-state index in [1.807, 2.05) is 0 Å². The van der Waals surface area contributed by atoms with E-state index in [4.69, 9.17) is 37.1 Å². The maximum absolute atomic E-state index is 12.7. The van der Waals surface area contributed by atoms with Crippen LogP contribution < -0.4 is 44.8 Å². The first-order valence-corrected chi connectivity index (χ1v) is 14.4. The number of ether oxygens (including phenoxy) is 3. The molecule has 1 aromatic heterocycles. The van der Waals surface area contributed by atoms with Gasteiger partial charge in [0.15, 0.2) is 12.4 Å². The zero-order valence-corrected chi connectivity index (χ0v) is 24.1. The number of nitrogens with zero attached hydrogens (tertiary/aromatic N) is 1. The molecule has 44 heavy (non-hydrogen) atoms. The van der Waals surface area contributed by atoms with Crippen LogP contribution in [-0.2, 0) is 19.0 Å². The minimum absolute atomic E-state index is 0.0469. The van der Waals surface area contributed by atoms with Crippen LogP contribution in [0.25, 0.3) is 0 Å². The highest BCUT2D eigenvalue weighted by atomic mass is 16.7. The number of nitrogens with one attached hydrogen (secondary N) is 3. The van der Waals surface area contributed by atoms with Crippen molar-refractivity contribution in [3.8, 4) is 0 Å². The van der Waals surface area contributed by atoms with Crippen LogP contribution in [0, 0.1) is 6.92 Å². The Hall–Kier alpha value is -2.37. The first-order chi connectivity index (χ1) is 20.8. The number of hydrogen-bond acceptors (Lipinski definition) is 16. The first kappa shape index (κ1) is 34.5. The van der Waals surface area contributed by atoms with Crippen molar-refractivity contribution in [3.63, 3.8) is 0 Å². The average Bonchev–Trinajstić information content (AvgIpc) is 3.38. The van der Waals surface area contributed by atoms with Crippen molar-refractivity contribution >= 4 is 5.91 Å². The van der Waals surface area contributed by atoms with E-state index in [1.165, 1.54) is 13.1 Å². The SMILES string of the molecule is Cc1cn([C@H]2C[C@H](O)[C@@H](C(=O)NCCCN[C@@H]3[C@@H](O)[C@H](N)[C@@H](O)[C@H](N)[C@H]3O[C@H]3O[C@H](CN)[C@@H](O)[C@H](O)[C@H]3N)O2)c(=O)[nH]c1=O. The number of aliphatic hydroxyl groups is 5. The first-order valence-electron chi connectivity index (χ1n) is 14.4. The summed E-state index contributed by atoms with van der Waals surface area (Å²) >= 11 is 0. The van der Waals surface area contributed by atoms with Crippen molar-refractivity contribution in [1.29, 1.82) is 0 Å². The lowest BCUT2D eigenvalue weighted by Crippen LogP contribution is -2.74. The summed E-state index contributed by atoms with van der Waals surface area (Å²) in [4.78, 5) is 38.7. The molecule has 0 radical (unpaired) electrons. The largest absolute Gasteiger partial charge is 0.390 e. The molecule has 14 atom stereocenters. The van der Waals surface area contributed by atoms with Gasteiger partial charge in [0.2, 0.25) is 0 Å². The van der Waals surface area contributed by atoms with E-state index in [2.05, 4.69) is 15.6 Å². The maximum Gasteiger partial charge on any atom is 0.330 e. The summed E-state index contributed by atoms with van der Waals surface area (Å²) in [6.45, 7) is 1.69. The molecule has 250 valence electrons. The predicted octanol–water partition coefficient (Wildman–Crippen LogP) is -7.53. The van der Waals surface area contributed by atoms with E-state index in [1.54, 1.807) is 0 Å². The lowest BCUT2D eigenvalue weighted by Gasteiger charge is -2.48. The van der Waals surface area contributed by atoms with Crippen LogP contribution in [0.15, 0.2) is 15.8 Å². The number of rotatable bonds is 10. The summed E-state index contributed by atoms with van der Waals surface area (Å²) < 4.78 is 18.3. The highest BCUT2D eigenvalue weighted by Gasteiger charge is 2.51. The van der Waals surface area contributed by atoms with Gasteiger partial charge >= 0.3 is 5.69 Å². The molecule has 19 heteroatoms. The zero-order chi connectivity index (χ0) is 32.5. The Kier molecular flexibility index (Phi) is 11.3. The van der Waals surface area contributed by atoms with Gasteiger partial charge in [0, 0.05) is 31.3 Å². The lowest BCUT2D eigenvalue weighted by atomic mass is 9.80. The fraction of sp³-hybridized carbons (Fsp3) is 0.800. The number of hydrogen-bond donors (Lipinski definition) is 12. The minimum Gasteiger partial charge on any atom is -0.390 e. The third kappa shape index (κ3) is 7.04. The number of amides is 1. The molecule has 16 N–H and O–H groups in total. The number of carbonyl (C=O) groups excluding carboxylic acids is 1. The molecule has 1 amide bonds. The molecule has 1 aromatic rings. The van der Waals surface area contributed by atoms with Crippen LogP contribution >= 0.6 is 0 Å². The van der Waals surface area contributed by atoms with Gasteiger partial charge in [-0.1, -0.05) is 0 Å². The normalized spacial score (nSPS) is 41.0. The molecule has 3 heterocycles. The molecule has 4 rings (SSSR count). The quantitative estimate of drug-likeness (QED) is 0.107. The monoisotopic (exact) mass is 632 g/mol. The summed E-state index contributed by atoms with van der Waals surface area (Å²) in [6.07, 6.45) is -10.7. The highest BCUT2D eigenvalue weighted by Crippen LogP contribution is 2.29. The van der Waals surface area contributed by atoms with E-state index in [0.29, 0.717) is 6.42 Å². The third-order valence-electron chi connectivity index (χ3n) is 8.40. The highest BCUT2D eigenvalue weighted by molar-refractivity contribution is 5.81. The van der Waals surface area contributed by atoms with Crippen molar-refractivity contribution in [3.05, 3.63) is 32.6 Å². The van der Waals surface area contributed by atoms with Crippen LogP contribution in [0.5, 0.6) is 0 Å². The van der Waals surface area contributed by atoms with Crippen molar-refractivity contribution in [2.24, 2.45) is 22.9 Å². The second-order valence-electron chi connectivity index (χ2n) is 11.5. The second kappa shape index (κ2) is 14.4. The molecular weight excluding hydrogens is 588 g/mol. The molecule has 2 saturated heterocycles. The Labute approximate surface area is 251 Å². The summed E-state index contributed by atoms with van der Waals surface area (Å²) in [5.74, 6) is -0.612. The number of H-pyrrole nitrogens is 1. The molecule has 0 unspecified atom stereocenters. The maximum atomic E-state index is 12.7. The van der Waals surface area contributed by atoms with E-state index >= 15 is 0 Å². The molecule has 2 aliphatic heterocycles. The molecule has 0 spiro atoms. The van der Waals surface area contributed by atoms with E-state index < -0.39 is 103 Å². The summed E-state index contributed by atoms with van der Waals surface area (Å²) in [6, 6.07) is -4.36. The number of aromatic nitrogens is 2. The predicted molar refractivity (Wildman–Crippen MR) is 151 cm³/mol. The van der Waals surface area contributed by atoms with Crippen LogP contribution in [-0.4, -0.2) is 140 Å². The van der Waals surface area contributed by atoms with E-state index in [0.717, 1.165) is 4.57 Å². The van der Waals surface area contributed by atoms with Gasteiger partial charge in [0.05, 0.1) is 48.6 Å². The zero-order valence-electron chi connectivity index (χ0n) is 24.1. The van der Waals surface area contributed by atoms with Gasteiger partial charge in [-0.15, -0.1) is 0 Å². The van der Waals surface area contributed by atoms with Gasteiger partial charge in [-0.3, -0.25) is 19.1 Å². The van der Waals surface area contributed by atoms with Crippen LogP contribution in [0.1, 0.15) is 24.6 Å². The lowest BCUT2D eigenvalue weighted by molar-refractivity contribution is -0.282. The van der Waals surface area contributed by atoms with Crippen molar-refractivity contribution in [2.45, 2.75) is 105 Å². The van der Waals surface area contributed by atoms with Gasteiger partial charge < -0.3 is 73.3 Å². The van der Waals surface area contributed by atoms with Gasteiger partial charge in [-0.2, -0.15) is 0 Å². The van der Waals surface area contributed by atoms with Gasteiger partial charge in [-0.05, 0) is 19.9 Å². The molecule has 0 aromatic carbocycles. The van der Waals surface area contributed by atoms with Crippen molar-refractivity contribution < 1.29 is 44.5 Å². The summed E-state index contributed by atoms with van der Waals surface area (Å²) in [5, 5.41) is 57.9. The number of aliphatic hydroxyl groups excluding tert-OH is 5. The Morgan fingerprint density at radius 1 is 1.02 bits per heavy atom. The van der Waals surface area contributed by atoms with Crippen molar-refractivity contribution in [1.82, 2.24) is 20.2 Å².